The minimum atomic E-state index is -0.488. The summed E-state index contributed by atoms with van der Waals surface area (Å²) in [4.78, 5) is 13.7. The lowest BCUT2D eigenvalue weighted by Gasteiger charge is -2.35. The summed E-state index contributed by atoms with van der Waals surface area (Å²) in [6.45, 7) is 6.41. The second-order valence-corrected chi connectivity index (χ2v) is 8.51. The van der Waals surface area contributed by atoms with E-state index >= 15 is 0 Å². The second kappa shape index (κ2) is 9.44. The molecule has 0 saturated carbocycles. The van der Waals surface area contributed by atoms with E-state index < -0.39 is 5.82 Å². The van der Waals surface area contributed by atoms with Crippen molar-refractivity contribution in [3.8, 4) is 17.1 Å². The Balaban J connectivity index is 1.51. The molecule has 34 heavy (non-hydrogen) atoms. The van der Waals surface area contributed by atoms with E-state index in [1.807, 2.05) is 19.1 Å². The lowest BCUT2D eigenvalue weighted by molar-refractivity contribution is 0.307. The third-order valence-corrected chi connectivity index (χ3v) is 6.12. The monoisotopic (exact) mass is 481 g/mol. The molecule has 0 bridgehead atoms. The maximum atomic E-state index is 14.6. The predicted molar refractivity (Wildman–Crippen MR) is 132 cm³/mol. The first kappa shape index (κ1) is 22.4. The van der Waals surface area contributed by atoms with Gasteiger partial charge in [-0.3, -0.25) is 0 Å². The first-order valence-corrected chi connectivity index (χ1v) is 11.5. The molecule has 4 aromatic rings. The van der Waals surface area contributed by atoms with E-state index in [-0.39, 0.29) is 16.4 Å². The molecule has 0 aliphatic carbocycles. The SMILES string of the molecule is CCOc1cc(Nc2nc(-c3c(F)cccc3Cl)nc3ccnn23)ccc1N1CCN(C)CC1. The average molecular weight is 482 g/mol. The number of piperazine rings is 1. The molecule has 0 amide bonds. The summed E-state index contributed by atoms with van der Waals surface area (Å²) in [5, 5.41) is 7.85. The van der Waals surface area contributed by atoms with E-state index in [2.05, 4.69) is 43.3 Å². The number of halogens is 2. The summed E-state index contributed by atoms with van der Waals surface area (Å²) >= 11 is 6.27. The van der Waals surface area contributed by atoms with Gasteiger partial charge >= 0.3 is 0 Å². The van der Waals surface area contributed by atoms with Crippen LogP contribution in [0.4, 0.5) is 21.7 Å². The van der Waals surface area contributed by atoms with Gasteiger partial charge in [-0.05, 0) is 38.2 Å². The van der Waals surface area contributed by atoms with Crippen molar-refractivity contribution in [3.05, 3.63) is 59.5 Å². The van der Waals surface area contributed by atoms with Gasteiger partial charge < -0.3 is 19.9 Å². The molecule has 0 unspecified atom stereocenters. The molecule has 176 valence electrons. The van der Waals surface area contributed by atoms with Crippen LogP contribution in [0.1, 0.15) is 6.92 Å². The third-order valence-electron chi connectivity index (χ3n) is 5.80. The highest BCUT2D eigenvalue weighted by Crippen LogP contribution is 2.34. The third kappa shape index (κ3) is 4.36. The van der Waals surface area contributed by atoms with Crippen molar-refractivity contribution < 1.29 is 9.13 Å². The van der Waals surface area contributed by atoms with Crippen molar-refractivity contribution in [1.29, 1.82) is 0 Å². The Kier molecular flexibility index (Phi) is 6.21. The fourth-order valence-electron chi connectivity index (χ4n) is 4.03. The molecule has 0 radical (unpaired) electrons. The number of nitrogens with zero attached hydrogens (tertiary/aromatic N) is 6. The van der Waals surface area contributed by atoms with Crippen LogP contribution in [0.15, 0.2) is 48.7 Å². The zero-order valence-corrected chi connectivity index (χ0v) is 19.8. The molecule has 1 fully saturated rings. The predicted octanol–water partition coefficient (Wildman–Crippen LogP) is 4.48. The molecule has 1 aliphatic rings. The van der Waals surface area contributed by atoms with Crippen molar-refractivity contribution >= 4 is 34.6 Å². The number of fused-ring (bicyclic) bond motifs is 1. The highest BCUT2D eigenvalue weighted by molar-refractivity contribution is 6.33. The van der Waals surface area contributed by atoms with Crippen molar-refractivity contribution in [1.82, 2.24) is 24.5 Å². The van der Waals surface area contributed by atoms with Crippen LogP contribution < -0.4 is 15.0 Å². The fourth-order valence-corrected chi connectivity index (χ4v) is 4.28. The van der Waals surface area contributed by atoms with Gasteiger partial charge in [0.1, 0.15) is 11.6 Å². The number of ether oxygens (including phenoxy) is 1. The lowest BCUT2D eigenvalue weighted by atomic mass is 10.2. The number of likely N-dealkylation sites (N-methyl/N-ethyl adjacent to an activating group) is 1. The first-order valence-electron chi connectivity index (χ1n) is 11.2. The largest absolute Gasteiger partial charge is 0.492 e. The molecular formula is C24H25ClFN7O. The van der Waals surface area contributed by atoms with Crippen LogP contribution in [0.25, 0.3) is 17.0 Å². The maximum Gasteiger partial charge on any atom is 0.232 e. The summed E-state index contributed by atoms with van der Waals surface area (Å²) in [6, 6.07) is 12.2. The first-order chi connectivity index (χ1) is 16.5. The van der Waals surface area contributed by atoms with Crippen LogP contribution >= 0.6 is 11.6 Å². The number of nitrogens with one attached hydrogen (secondary N) is 1. The second-order valence-electron chi connectivity index (χ2n) is 8.10. The highest BCUT2D eigenvalue weighted by Gasteiger charge is 2.20. The molecule has 8 nitrogen and oxygen atoms in total. The summed E-state index contributed by atoms with van der Waals surface area (Å²) < 4.78 is 22.1. The Hall–Kier alpha value is -3.43. The molecule has 1 aliphatic heterocycles. The highest BCUT2D eigenvalue weighted by atomic mass is 35.5. The van der Waals surface area contributed by atoms with Crippen molar-refractivity contribution in [2.24, 2.45) is 0 Å². The zero-order chi connectivity index (χ0) is 23.7. The Morgan fingerprint density at radius 3 is 2.68 bits per heavy atom. The molecule has 0 spiro atoms. The van der Waals surface area contributed by atoms with Crippen LogP contribution in [0.5, 0.6) is 5.75 Å². The van der Waals surface area contributed by atoms with Crippen LogP contribution in [-0.2, 0) is 0 Å². The molecule has 0 atom stereocenters. The van der Waals surface area contributed by atoms with Gasteiger partial charge in [0.15, 0.2) is 11.5 Å². The topological polar surface area (TPSA) is 70.8 Å². The number of hydrogen-bond acceptors (Lipinski definition) is 7. The number of rotatable bonds is 6. The van der Waals surface area contributed by atoms with Crippen molar-refractivity contribution in [3.63, 3.8) is 0 Å². The summed E-state index contributed by atoms with van der Waals surface area (Å²) in [6.07, 6.45) is 1.62. The number of benzene rings is 2. The summed E-state index contributed by atoms with van der Waals surface area (Å²) in [7, 11) is 2.13. The van der Waals surface area contributed by atoms with Crippen LogP contribution in [0.3, 0.4) is 0 Å². The van der Waals surface area contributed by atoms with Crippen LogP contribution in [0.2, 0.25) is 5.02 Å². The fraction of sp³-hybridized carbons (Fsp3) is 0.292. The molecule has 10 heteroatoms. The van der Waals surface area contributed by atoms with Gasteiger partial charge in [-0.25, -0.2) is 9.37 Å². The number of aromatic nitrogens is 4. The Morgan fingerprint density at radius 1 is 1.09 bits per heavy atom. The summed E-state index contributed by atoms with van der Waals surface area (Å²) in [5.41, 5.74) is 2.50. The van der Waals surface area contributed by atoms with Gasteiger partial charge in [0.05, 0.1) is 29.1 Å². The lowest BCUT2D eigenvalue weighted by Crippen LogP contribution is -2.44. The molecular weight excluding hydrogens is 457 g/mol. The van der Waals surface area contributed by atoms with E-state index in [1.165, 1.54) is 6.07 Å². The van der Waals surface area contributed by atoms with E-state index in [0.29, 0.717) is 18.2 Å². The zero-order valence-electron chi connectivity index (χ0n) is 19.0. The normalized spacial score (nSPS) is 14.5. The number of anilines is 3. The minimum Gasteiger partial charge on any atom is -0.492 e. The van der Waals surface area contributed by atoms with E-state index in [0.717, 1.165) is 43.3 Å². The van der Waals surface area contributed by atoms with E-state index in [9.17, 15) is 4.39 Å². The number of hydrogen-bond donors (Lipinski definition) is 1. The Bertz CT molecular complexity index is 1300. The van der Waals surface area contributed by atoms with Crippen LogP contribution in [0, 0.1) is 5.82 Å². The van der Waals surface area contributed by atoms with Crippen molar-refractivity contribution in [2.45, 2.75) is 6.92 Å². The quantitative estimate of drug-likeness (QED) is 0.435. The smallest absolute Gasteiger partial charge is 0.232 e. The van der Waals surface area contributed by atoms with Gasteiger partial charge in [0.2, 0.25) is 5.95 Å². The Labute approximate surface area is 201 Å². The van der Waals surface area contributed by atoms with E-state index in [4.69, 9.17) is 16.3 Å². The van der Waals surface area contributed by atoms with E-state index in [1.54, 1.807) is 28.9 Å². The van der Waals surface area contributed by atoms with Gasteiger partial charge in [0.25, 0.3) is 0 Å². The average Bonchev–Trinajstić information content (AvgIpc) is 3.29. The van der Waals surface area contributed by atoms with Gasteiger partial charge in [-0.1, -0.05) is 17.7 Å². The molecule has 2 aromatic carbocycles. The van der Waals surface area contributed by atoms with Gasteiger partial charge in [0, 0.05) is 44.0 Å². The maximum absolute atomic E-state index is 14.6. The summed E-state index contributed by atoms with van der Waals surface area (Å²) in [5.74, 6) is 0.870. The Morgan fingerprint density at radius 2 is 1.91 bits per heavy atom. The van der Waals surface area contributed by atoms with Gasteiger partial charge in [-0.2, -0.15) is 14.6 Å². The molecule has 2 aromatic heterocycles. The molecule has 3 heterocycles. The van der Waals surface area contributed by atoms with Crippen LogP contribution in [-0.4, -0.2) is 64.3 Å². The standard InChI is InChI=1S/C24H25ClFN7O/c1-3-34-20-15-16(7-8-19(20)32-13-11-31(2)12-14-32)28-24-30-23(29-21-9-10-27-33(21)24)22-17(25)5-4-6-18(22)26/h4-10,15H,3,11-14H2,1-2H3,(H,28,29,30). The molecule has 1 N–H and O–H groups in total. The van der Waals surface area contributed by atoms with Gasteiger partial charge in [-0.15, -0.1) is 0 Å². The van der Waals surface area contributed by atoms with Crippen molar-refractivity contribution in [2.75, 3.05) is 50.1 Å². The molecule has 5 rings (SSSR count). The molecule has 1 saturated heterocycles. The minimum absolute atomic E-state index is 0.149.